The highest BCUT2D eigenvalue weighted by molar-refractivity contribution is 5.91. The molecule has 1 atom stereocenters. The Balaban J connectivity index is 2.13. The standard InChI is InChI=1S/C19H29N3O2/c1-14(2)12-16-9-4-3-7-11-22(16)19(24)21-17-10-6-5-8-15(17)13-18(20)23/h5-6,8,10,14,16H,3-4,7,9,11-13H2,1-2H3,(H2,20,23)(H,21,24). The lowest BCUT2D eigenvalue weighted by molar-refractivity contribution is -0.117. The number of nitrogens with zero attached hydrogens (tertiary/aromatic N) is 1. The molecule has 0 bridgehead atoms. The molecule has 24 heavy (non-hydrogen) atoms. The fourth-order valence-electron chi connectivity index (χ4n) is 3.41. The number of amides is 3. The number of rotatable bonds is 5. The summed E-state index contributed by atoms with van der Waals surface area (Å²) in [5.74, 6) is 0.162. The number of nitrogens with two attached hydrogens (primary N) is 1. The van der Waals surface area contributed by atoms with Crippen LogP contribution in [0.5, 0.6) is 0 Å². The van der Waals surface area contributed by atoms with Crippen LogP contribution in [-0.4, -0.2) is 29.4 Å². The Labute approximate surface area is 144 Å². The first-order valence-corrected chi connectivity index (χ1v) is 8.91. The Hall–Kier alpha value is -2.04. The predicted octanol–water partition coefficient (Wildman–Crippen LogP) is 3.54. The molecule has 2 rings (SSSR count). The highest BCUT2D eigenvalue weighted by Gasteiger charge is 2.26. The van der Waals surface area contributed by atoms with E-state index >= 15 is 0 Å². The molecule has 1 aliphatic rings. The Bertz CT molecular complexity index is 571. The lowest BCUT2D eigenvalue weighted by atomic mass is 9.99. The van der Waals surface area contributed by atoms with Gasteiger partial charge in [-0.1, -0.05) is 44.9 Å². The second-order valence-electron chi connectivity index (χ2n) is 7.06. The molecule has 0 aromatic heterocycles. The monoisotopic (exact) mass is 331 g/mol. The molecule has 5 heteroatoms. The quantitative estimate of drug-likeness (QED) is 0.866. The van der Waals surface area contributed by atoms with Gasteiger partial charge in [-0.15, -0.1) is 0 Å². The third-order valence-corrected chi connectivity index (χ3v) is 4.51. The molecule has 5 nitrogen and oxygen atoms in total. The smallest absolute Gasteiger partial charge is 0.322 e. The zero-order valence-corrected chi connectivity index (χ0v) is 14.8. The number of benzene rings is 1. The molecule has 0 radical (unpaired) electrons. The minimum absolute atomic E-state index is 0.0699. The number of likely N-dealkylation sites (tertiary alicyclic amines) is 1. The molecular weight excluding hydrogens is 302 g/mol. The summed E-state index contributed by atoms with van der Waals surface area (Å²) in [6.07, 6.45) is 5.62. The van der Waals surface area contributed by atoms with Gasteiger partial charge < -0.3 is 16.0 Å². The topological polar surface area (TPSA) is 75.4 Å². The number of urea groups is 1. The van der Waals surface area contributed by atoms with Crippen LogP contribution in [0.15, 0.2) is 24.3 Å². The van der Waals surface area contributed by atoms with Gasteiger partial charge in [-0.3, -0.25) is 4.79 Å². The maximum atomic E-state index is 12.8. The summed E-state index contributed by atoms with van der Waals surface area (Å²) < 4.78 is 0. The van der Waals surface area contributed by atoms with Crippen LogP contribution in [0.25, 0.3) is 0 Å². The number of hydrogen-bond acceptors (Lipinski definition) is 2. The van der Waals surface area contributed by atoms with Crippen molar-refractivity contribution < 1.29 is 9.59 Å². The van der Waals surface area contributed by atoms with Crippen LogP contribution in [0, 0.1) is 5.92 Å². The highest BCUT2D eigenvalue weighted by atomic mass is 16.2. The van der Waals surface area contributed by atoms with Crippen LogP contribution in [-0.2, 0) is 11.2 Å². The number of carbonyl (C=O) groups is 2. The second-order valence-corrected chi connectivity index (χ2v) is 7.06. The minimum Gasteiger partial charge on any atom is -0.369 e. The molecule has 1 saturated heterocycles. The van der Waals surface area contributed by atoms with E-state index in [2.05, 4.69) is 19.2 Å². The Morgan fingerprint density at radius 2 is 2.00 bits per heavy atom. The van der Waals surface area contributed by atoms with Crippen LogP contribution >= 0.6 is 0 Å². The zero-order chi connectivity index (χ0) is 17.5. The number of para-hydroxylation sites is 1. The van der Waals surface area contributed by atoms with Gasteiger partial charge in [0.05, 0.1) is 6.42 Å². The fourth-order valence-corrected chi connectivity index (χ4v) is 3.41. The van der Waals surface area contributed by atoms with E-state index in [9.17, 15) is 9.59 Å². The molecule has 3 N–H and O–H groups in total. The Morgan fingerprint density at radius 3 is 2.71 bits per heavy atom. The van der Waals surface area contributed by atoms with Gasteiger partial charge >= 0.3 is 6.03 Å². The third kappa shape index (κ3) is 5.25. The molecule has 3 amide bonds. The first-order chi connectivity index (χ1) is 11.5. The van der Waals surface area contributed by atoms with E-state index in [0.717, 1.165) is 31.4 Å². The summed E-state index contributed by atoms with van der Waals surface area (Å²) in [6.45, 7) is 5.19. The van der Waals surface area contributed by atoms with E-state index in [-0.39, 0.29) is 18.5 Å². The fraction of sp³-hybridized carbons (Fsp3) is 0.579. The highest BCUT2D eigenvalue weighted by Crippen LogP contribution is 2.24. The van der Waals surface area contributed by atoms with Crippen molar-refractivity contribution in [2.75, 3.05) is 11.9 Å². The Morgan fingerprint density at radius 1 is 1.25 bits per heavy atom. The summed E-state index contributed by atoms with van der Waals surface area (Å²) in [5.41, 5.74) is 6.74. The molecule has 1 aromatic rings. The third-order valence-electron chi connectivity index (χ3n) is 4.51. The molecule has 1 aliphatic heterocycles. The maximum absolute atomic E-state index is 12.8. The van der Waals surface area contributed by atoms with Crippen molar-refractivity contribution in [3.8, 4) is 0 Å². The zero-order valence-electron chi connectivity index (χ0n) is 14.8. The predicted molar refractivity (Wildman–Crippen MR) is 96.8 cm³/mol. The van der Waals surface area contributed by atoms with Gasteiger partial charge in [0.25, 0.3) is 0 Å². The Kier molecular flexibility index (Phi) is 6.64. The van der Waals surface area contributed by atoms with E-state index in [1.807, 2.05) is 29.2 Å². The van der Waals surface area contributed by atoms with E-state index in [0.29, 0.717) is 11.6 Å². The minimum atomic E-state index is -0.399. The van der Waals surface area contributed by atoms with E-state index < -0.39 is 5.91 Å². The van der Waals surface area contributed by atoms with Crippen molar-refractivity contribution in [2.24, 2.45) is 11.7 Å². The molecule has 0 saturated carbocycles. The molecule has 1 unspecified atom stereocenters. The van der Waals surface area contributed by atoms with Crippen molar-refractivity contribution in [1.82, 2.24) is 4.90 Å². The largest absolute Gasteiger partial charge is 0.369 e. The van der Waals surface area contributed by atoms with Gasteiger partial charge in [-0.25, -0.2) is 4.79 Å². The van der Waals surface area contributed by atoms with Crippen molar-refractivity contribution >= 4 is 17.6 Å². The van der Waals surface area contributed by atoms with E-state index in [1.165, 1.54) is 12.8 Å². The molecule has 0 aliphatic carbocycles. The van der Waals surface area contributed by atoms with Crippen LogP contribution in [0.3, 0.4) is 0 Å². The van der Waals surface area contributed by atoms with Gasteiger partial charge in [0.15, 0.2) is 0 Å². The lowest BCUT2D eigenvalue weighted by Gasteiger charge is -2.31. The van der Waals surface area contributed by atoms with E-state index in [4.69, 9.17) is 5.73 Å². The van der Waals surface area contributed by atoms with Crippen molar-refractivity contribution in [3.63, 3.8) is 0 Å². The maximum Gasteiger partial charge on any atom is 0.322 e. The normalized spacial score (nSPS) is 18.3. The van der Waals surface area contributed by atoms with Gasteiger partial charge in [0, 0.05) is 18.3 Å². The summed E-state index contributed by atoms with van der Waals surface area (Å²) in [4.78, 5) is 26.1. The number of primary amides is 1. The summed E-state index contributed by atoms with van der Waals surface area (Å²) in [7, 11) is 0. The van der Waals surface area contributed by atoms with Crippen LogP contribution < -0.4 is 11.1 Å². The van der Waals surface area contributed by atoms with Crippen molar-refractivity contribution in [2.45, 2.75) is 58.4 Å². The average Bonchev–Trinajstić information content (AvgIpc) is 2.73. The van der Waals surface area contributed by atoms with E-state index in [1.54, 1.807) is 0 Å². The number of carbonyl (C=O) groups excluding carboxylic acids is 2. The summed E-state index contributed by atoms with van der Waals surface area (Å²) >= 11 is 0. The first kappa shape index (κ1) is 18.3. The molecule has 0 spiro atoms. The van der Waals surface area contributed by atoms with Crippen molar-refractivity contribution in [1.29, 1.82) is 0 Å². The van der Waals surface area contributed by atoms with Crippen LogP contribution in [0.4, 0.5) is 10.5 Å². The second kappa shape index (κ2) is 8.71. The molecule has 1 aromatic carbocycles. The number of nitrogens with one attached hydrogen (secondary N) is 1. The summed E-state index contributed by atoms with van der Waals surface area (Å²) in [6, 6.07) is 7.57. The molecule has 132 valence electrons. The number of anilines is 1. The van der Waals surface area contributed by atoms with Crippen LogP contribution in [0.1, 0.15) is 51.5 Å². The summed E-state index contributed by atoms with van der Waals surface area (Å²) in [5, 5.41) is 3.00. The van der Waals surface area contributed by atoms with Crippen LogP contribution in [0.2, 0.25) is 0 Å². The van der Waals surface area contributed by atoms with Gasteiger partial charge in [-0.2, -0.15) is 0 Å². The molecule has 1 fully saturated rings. The number of hydrogen-bond donors (Lipinski definition) is 2. The molecule has 1 heterocycles. The van der Waals surface area contributed by atoms with Gasteiger partial charge in [0.2, 0.25) is 5.91 Å². The SMILES string of the molecule is CC(C)CC1CCCCCN1C(=O)Nc1ccccc1CC(N)=O. The molecular formula is C19H29N3O2. The first-order valence-electron chi connectivity index (χ1n) is 8.91. The average molecular weight is 331 g/mol. The van der Waals surface area contributed by atoms with Crippen molar-refractivity contribution in [3.05, 3.63) is 29.8 Å². The van der Waals surface area contributed by atoms with Gasteiger partial charge in [0.1, 0.15) is 0 Å². The lowest BCUT2D eigenvalue weighted by Crippen LogP contribution is -2.43. The van der Waals surface area contributed by atoms with Gasteiger partial charge in [-0.05, 0) is 36.8 Å².